The lowest BCUT2D eigenvalue weighted by molar-refractivity contribution is -0.124. The molecule has 1 aromatic heterocycles. The van der Waals surface area contributed by atoms with Gasteiger partial charge in [-0.15, -0.1) is 0 Å². The van der Waals surface area contributed by atoms with Crippen LogP contribution in [0.4, 0.5) is 5.69 Å². The number of nitrogens with one attached hydrogen (secondary N) is 3. The summed E-state index contributed by atoms with van der Waals surface area (Å²) in [5.41, 5.74) is 2.85. The second kappa shape index (κ2) is 9.89. The maximum atomic E-state index is 12.2. The van der Waals surface area contributed by atoms with Crippen LogP contribution in [0.1, 0.15) is 31.0 Å². The van der Waals surface area contributed by atoms with Crippen LogP contribution in [0.3, 0.4) is 0 Å². The first-order valence-electron chi connectivity index (χ1n) is 9.66. The molecule has 8 heteroatoms. The van der Waals surface area contributed by atoms with Crippen molar-refractivity contribution in [2.24, 2.45) is 12.0 Å². The molecule has 8 nitrogen and oxygen atoms in total. The summed E-state index contributed by atoms with van der Waals surface area (Å²) in [6.07, 6.45) is 3.16. The summed E-state index contributed by atoms with van der Waals surface area (Å²) in [6, 6.07) is 9.71. The number of guanidine groups is 1. The molecule has 0 radical (unpaired) electrons. The van der Waals surface area contributed by atoms with Gasteiger partial charge in [0.15, 0.2) is 5.96 Å². The van der Waals surface area contributed by atoms with Crippen molar-refractivity contribution in [3.05, 3.63) is 47.8 Å². The Balaban J connectivity index is 1.58. The van der Waals surface area contributed by atoms with Gasteiger partial charge in [-0.25, -0.2) is 4.99 Å². The Morgan fingerprint density at radius 3 is 2.96 bits per heavy atom. The first-order chi connectivity index (χ1) is 13.7. The molecule has 1 aliphatic rings. The van der Waals surface area contributed by atoms with Crippen molar-refractivity contribution in [2.75, 3.05) is 18.5 Å². The zero-order chi connectivity index (χ0) is 19.8. The van der Waals surface area contributed by atoms with Gasteiger partial charge in [-0.05, 0) is 43.5 Å². The van der Waals surface area contributed by atoms with E-state index in [0.717, 1.165) is 42.3 Å². The number of benzene rings is 1. The van der Waals surface area contributed by atoms with Crippen LogP contribution in [-0.4, -0.2) is 40.9 Å². The fourth-order valence-electron chi connectivity index (χ4n) is 3.02. The molecule has 2 aromatic rings. The van der Waals surface area contributed by atoms with Gasteiger partial charge in [-0.2, -0.15) is 5.10 Å². The third-order valence-corrected chi connectivity index (χ3v) is 4.54. The first kappa shape index (κ1) is 19.9. The topological polar surface area (TPSA) is 92.6 Å². The number of aryl methyl sites for hydroxylation is 1. The Morgan fingerprint density at radius 2 is 2.25 bits per heavy atom. The summed E-state index contributed by atoms with van der Waals surface area (Å²) in [5.74, 6) is 0.654. The summed E-state index contributed by atoms with van der Waals surface area (Å²) >= 11 is 0. The Labute approximate surface area is 165 Å². The average molecular weight is 384 g/mol. The van der Waals surface area contributed by atoms with Crippen molar-refractivity contribution in [3.8, 4) is 0 Å². The number of hydrogen-bond donors (Lipinski definition) is 3. The Kier molecular flexibility index (Phi) is 7.02. The summed E-state index contributed by atoms with van der Waals surface area (Å²) < 4.78 is 7.26. The fourth-order valence-corrected chi connectivity index (χ4v) is 3.02. The van der Waals surface area contributed by atoms with E-state index in [-0.39, 0.29) is 12.0 Å². The van der Waals surface area contributed by atoms with E-state index in [2.05, 4.69) is 26.0 Å². The molecule has 1 amide bonds. The molecule has 1 atom stereocenters. The molecular formula is C20H28N6O2. The van der Waals surface area contributed by atoms with Crippen LogP contribution >= 0.6 is 0 Å². The van der Waals surface area contributed by atoms with Gasteiger partial charge >= 0.3 is 0 Å². The number of aliphatic imine (C=N–C) groups is 1. The minimum Gasteiger partial charge on any atom is -0.368 e. The quantitative estimate of drug-likeness (QED) is 0.500. The first-order valence-corrected chi connectivity index (χ1v) is 9.66. The molecule has 28 heavy (non-hydrogen) atoms. The lowest BCUT2D eigenvalue weighted by Gasteiger charge is -2.12. The summed E-state index contributed by atoms with van der Waals surface area (Å²) in [6.45, 7) is 4.60. The molecule has 0 aliphatic carbocycles. The number of nitrogens with zero attached hydrogens (tertiary/aromatic N) is 3. The van der Waals surface area contributed by atoms with E-state index >= 15 is 0 Å². The van der Waals surface area contributed by atoms with Gasteiger partial charge < -0.3 is 20.7 Å². The van der Waals surface area contributed by atoms with Crippen molar-refractivity contribution in [2.45, 2.75) is 39.0 Å². The Bertz CT molecular complexity index is 811. The van der Waals surface area contributed by atoms with Gasteiger partial charge in [0.2, 0.25) is 0 Å². The minimum atomic E-state index is -0.335. The Morgan fingerprint density at radius 1 is 1.36 bits per heavy atom. The highest BCUT2D eigenvalue weighted by Crippen LogP contribution is 2.16. The van der Waals surface area contributed by atoms with E-state index in [0.29, 0.717) is 19.7 Å². The third-order valence-electron chi connectivity index (χ3n) is 4.54. The zero-order valence-electron chi connectivity index (χ0n) is 16.4. The lowest BCUT2D eigenvalue weighted by Crippen LogP contribution is -2.37. The number of aromatic nitrogens is 2. The lowest BCUT2D eigenvalue weighted by atomic mass is 10.2. The summed E-state index contributed by atoms with van der Waals surface area (Å²) in [5, 5.41) is 13.7. The number of amides is 1. The van der Waals surface area contributed by atoms with E-state index in [1.54, 1.807) is 6.20 Å². The molecule has 1 unspecified atom stereocenters. The van der Waals surface area contributed by atoms with Gasteiger partial charge in [0.25, 0.3) is 5.91 Å². The smallest absolute Gasteiger partial charge is 0.253 e. The van der Waals surface area contributed by atoms with Crippen LogP contribution in [0.15, 0.2) is 41.5 Å². The largest absolute Gasteiger partial charge is 0.368 e. The van der Waals surface area contributed by atoms with Crippen molar-refractivity contribution in [1.29, 1.82) is 0 Å². The predicted molar refractivity (Wildman–Crippen MR) is 109 cm³/mol. The predicted octanol–water partition coefficient (Wildman–Crippen LogP) is 1.79. The molecule has 3 N–H and O–H groups in total. The molecule has 1 aliphatic heterocycles. The van der Waals surface area contributed by atoms with Gasteiger partial charge in [-0.3, -0.25) is 9.48 Å². The molecule has 1 saturated heterocycles. The Hall–Kier alpha value is -2.87. The van der Waals surface area contributed by atoms with Gasteiger partial charge in [0.1, 0.15) is 6.10 Å². The normalized spacial score (nSPS) is 16.8. The highest BCUT2D eigenvalue weighted by Gasteiger charge is 2.23. The molecule has 0 bridgehead atoms. The number of hydrogen-bond acceptors (Lipinski definition) is 4. The molecular weight excluding hydrogens is 356 g/mol. The van der Waals surface area contributed by atoms with Crippen LogP contribution in [-0.2, 0) is 29.7 Å². The van der Waals surface area contributed by atoms with Crippen molar-refractivity contribution < 1.29 is 9.53 Å². The van der Waals surface area contributed by atoms with Crippen LogP contribution in [0.2, 0.25) is 0 Å². The second-order valence-electron chi connectivity index (χ2n) is 6.69. The van der Waals surface area contributed by atoms with E-state index in [1.165, 1.54) is 0 Å². The maximum absolute atomic E-state index is 12.2. The number of carbonyl (C=O) groups is 1. The molecule has 1 fully saturated rings. The van der Waals surface area contributed by atoms with Crippen LogP contribution in [0.25, 0.3) is 0 Å². The highest BCUT2D eigenvalue weighted by atomic mass is 16.5. The van der Waals surface area contributed by atoms with Crippen LogP contribution in [0.5, 0.6) is 0 Å². The second-order valence-corrected chi connectivity index (χ2v) is 6.69. The standard InChI is InChI=1S/C20H28N6O2/c1-3-21-20(23-14-17-9-10-24-26(17)2)22-13-15-6-4-7-16(12-15)25-19(27)18-8-5-11-28-18/h4,6-7,9-10,12,18H,3,5,8,11,13-14H2,1-2H3,(H,25,27)(H2,21,22,23). The third kappa shape index (κ3) is 5.56. The van der Waals surface area contributed by atoms with Crippen molar-refractivity contribution >= 4 is 17.6 Å². The van der Waals surface area contributed by atoms with Crippen molar-refractivity contribution in [3.63, 3.8) is 0 Å². The van der Waals surface area contributed by atoms with Crippen LogP contribution < -0.4 is 16.0 Å². The summed E-state index contributed by atoms with van der Waals surface area (Å²) in [4.78, 5) is 16.8. The minimum absolute atomic E-state index is 0.0793. The van der Waals surface area contributed by atoms with E-state index < -0.39 is 0 Å². The highest BCUT2D eigenvalue weighted by molar-refractivity contribution is 5.94. The maximum Gasteiger partial charge on any atom is 0.253 e. The fraction of sp³-hybridized carbons (Fsp3) is 0.450. The molecule has 150 valence electrons. The molecule has 0 spiro atoms. The van der Waals surface area contributed by atoms with E-state index in [4.69, 9.17) is 4.74 Å². The van der Waals surface area contributed by atoms with E-state index in [9.17, 15) is 4.79 Å². The van der Waals surface area contributed by atoms with Gasteiger partial charge in [0.05, 0.1) is 18.8 Å². The number of anilines is 1. The SMILES string of the molecule is CCNC(=NCc1cccc(NC(=O)C2CCCO2)c1)NCc1ccnn1C. The molecule has 1 aromatic carbocycles. The van der Waals surface area contributed by atoms with Gasteiger partial charge in [0, 0.05) is 32.1 Å². The van der Waals surface area contributed by atoms with Gasteiger partial charge in [-0.1, -0.05) is 12.1 Å². The summed E-state index contributed by atoms with van der Waals surface area (Å²) in [7, 11) is 1.91. The van der Waals surface area contributed by atoms with Crippen molar-refractivity contribution in [1.82, 2.24) is 20.4 Å². The monoisotopic (exact) mass is 384 g/mol. The number of carbonyl (C=O) groups excluding carboxylic acids is 1. The number of rotatable bonds is 7. The molecule has 3 rings (SSSR count). The number of ether oxygens (including phenoxy) is 1. The zero-order valence-corrected chi connectivity index (χ0v) is 16.4. The van der Waals surface area contributed by atoms with Crippen LogP contribution in [0, 0.1) is 0 Å². The molecule has 2 heterocycles. The van der Waals surface area contributed by atoms with E-state index in [1.807, 2.05) is 49.0 Å². The molecule has 0 saturated carbocycles. The average Bonchev–Trinajstić information content (AvgIpc) is 3.36.